The summed E-state index contributed by atoms with van der Waals surface area (Å²) in [6.07, 6.45) is 0. The Balaban J connectivity index is 1.84. The van der Waals surface area contributed by atoms with E-state index in [2.05, 4.69) is 24.3 Å². The zero-order valence-electron chi connectivity index (χ0n) is 19.2. The molecule has 3 nitrogen and oxygen atoms in total. The second-order valence-corrected chi connectivity index (χ2v) is 8.45. The third-order valence-corrected chi connectivity index (χ3v) is 6.43. The average Bonchev–Trinajstić information content (AvgIpc) is 2.93. The number of hydrogen-bond acceptors (Lipinski definition) is 3. The summed E-state index contributed by atoms with van der Waals surface area (Å²) in [5.74, 6) is 0.733. The number of benzene rings is 5. The molecule has 5 aromatic carbocycles. The van der Waals surface area contributed by atoms with Crippen molar-refractivity contribution in [1.82, 2.24) is 0 Å². The van der Waals surface area contributed by atoms with Crippen molar-refractivity contribution in [1.29, 1.82) is 0 Å². The maximum atomic E-state index is 13.7. The van der Waals surface area contributed by atoms with E-state index in [1.54, 1.807) is 7.11 Å². The fourth-order valence-electron chi connectivity index (χ4n) is 4.80. The van der Waals surface area contributed by atoms with Crippen LogP contribution in [0.1, 0.15) is 0 Å². The average molecular weight is 455 g/mol. The first-order valence-electron chi connectivity index (χ1n) is 11.5. The lowest BCUT2D eigenvalue weighted by molar-refractivity contribution is 0.415. The Hall–Kier alpha value is -4.63. The number of methoxy groups -OCH3 is 1. The van der Waals surface area contributed by atoms with Gasteiger partial charge in [0.2, 0.25) is 0 Å². The molecule has 3 heteroatoms. The van der Waals surface area contributed by atoms with Gasteiger partial charge in [0, 0.05) is 16.3 Å². The van der Waals surface area contributed by atoms with Crippen molar-refractivity contribution in [2.75, 3.05) is 7.11 Å². The Kier molecular flexibility index (Phi) is 5.16. The topological polar surface area (TPSA) is 39.4 Å². The normalized spacial score (nSPS) is 11.1. The maximum Gasteiger partial charge on any atom is 0.344 e. The zero-order valence-corrected chi connectivity index (χ0v) is 19.2. The Bertz CT molecular complexity index is 1720. The van der Waals surface area contributed by atoms with Crippen LogP contribution in [0, 0.1) is 0 Å². The number of fused-ring (bicyclic) bond motifs is 3. The van der Waals surface area contributed by atoms with Crippen LogP contribution in [0.5, 0.6) is 5.75 Å². The molecule has 0 atom stereocenters. The highest BCUT2D eigenvalue weighted by Gasteiger charge is 2.22. The monoisotopic (exact) mass is 454 g/mol. The fraction of sp³-hybridized carbons (Fsp3) is 0.0312. The molecule has 0 aliphatic heterocycles. The van der Waals surface area contributed by atoms with E-state index in [-0.39, 0.29) is 5.63 Å². The minimum absolute atomic E-state index is 0.364. The third-order valence-electron chi connectivity index (χ3n) is 6.43. The van der Waals surface area contributed by atoms with E-state index in [0.717, 1.165) is 49.7 Å². The van der Waals surface area contributed by atoms with Gasteiger partial charge in [-0.25, -0.2) is 4.79 Å². The van der Waals surface area contributed by atoms with Crippen molar-refractivity contribution in [3.05, 3.63) is 126 Å². The van der Waals surface area contributed by atoms with E-state index in [4.69, 9.17) is 9.15 Å². The highest BCUT2D eigenvalue weighted by Crippen LogP contribution is 2.43. The first-order chi connectivity index (χ1) is 17.2. The van der Waals surface area contributed by atoms with Crippen LogP contribution in [0.15, 0.2) is 124 Å². The van der Waals surface area contributed by atoms with Gasteiger partial charge in [0.15, 0.2) is 0 Å². The van der Waals surface area contributed by atoms with E-state index in [9.17, 15) is 4.79 Å². The van der Waals surface area contributed by atoms with Gasteiger partial charge in [-0.3, -0.25) is 0 Å². The van der Waals surface area contributed by atoms with E-state index in [1.165, 1.54) is 0 Å². The molecule has 1 aromatic heterocycles. The lowest BCUT2D eigenvalue weighted by Gasteiger charge is -2.17. The van der Waals surface area contributed by atoms with Crippen LogP contribution in [-0.2, 0) is 0 Å². The molecular formula is C32H22O3. The molecule has 0 radical (unpaired) electrons. The van der Waals surface area contributed by atoms with Crippen molar-refractivity contribution in [2.45, 2.75) is 0 Å². The minimum Gasteiger partial charge on any atom is -0.497 e. The van der Waals surface area contributed by atoms with E-state index in [1.807, 2.05) is 91.0 Å². The minimum atomic E-state index is -0.364. The van der Waals surface area contributed by atoms with Gasteiger partial charge in [-0.15, -0.1) is 0 Å². The summed E-state index contributed by atoms with van der Waals surface area (Å²) < 4.78 is 11.5. The maximum absolute atomic E-state index is 13.7. The Labute approximate surface area is 202 Å². The molecule has 0 fully saturated rings. The summed E-state index contributed by atoms with van der Waals surface area (Å²) in [4.78, 5) is 13.7. The van der Waals surface area contributed by atoms with Crippen LogP contribution in [0.4, 0.5) is 0 Å². The second-order valence-electron chi connectivity index (χ2n) is 8.45. The number of rotatable bonds is 4. The molecule has 0 spiro atoms. The lowest BCUT2D eigenvalue weighted by atomic mass is 9.87. The molecule has 0 unspecified atom stereocenters. The lowest BCUT2D eigenvalue weighted by Crippen LogP contribution is -2.07. The number of hydrogen-bond donors (Lipinski definition) is 0. The van der Waals surface area contributed by atoms with Crippen LogP contribution in [0.25, 0.3) is 55.1 Å². The highest BCUT2D eigenvalue weighted by molar-refractivity contribution is 6.18. The largest absolute Gasteiger partial charge is 0.497 e. The van der Waals surface area contributed by atoms with Gasteiger partial charge < -0.3 is 9.15 Å². The van der Waals surface area contributed by atoms with Gasteiger partial charge in [0.05, 0.1) is 12.7 Å². The Morgan fingerprint density at radius 1 is 0.629 bits per heavy atom. The molecule has 0 bridgehead atoms. The summed E-state index contributed by atoms with van der Waals surface area (Å²) in [5.41, 5.74) is 5.48. The molecule has 0 saturated heterocycles. The van der Waals surface area contributed by atoms with Gasteiger partial charge >= 0.3 is 5.63 Å². The standard InChI is InChI=1S/C32H22O3/c1-34-25-18-16-23(17-19-25)29-28(22-12-6-3-7-13-22)30-27(21-10-4-2-5-11-21)20-24-14-8-9-15-26(24)31(30)35-32(29)33/h2-20H,1H3. The van der Waals surface area contributed by atoms with Crippen molar-refractivity contribution in [2.24, 2.45) is 0 Å². The van der Waals surface area contributed by atoms with E-state index in [0.29, 0.717) is 11.1 Å². The van der Waals surface area contributed by atoms with Gasteiger partial charge in [-0.1, -0.05) is 97.1 Å². The summed E-state index contributed by atoms with van der Waals surface area (Å²) >= 11 is 0. The highest BCUT2D eigenvalue weighted by atomic mass is 16.5. The quantitative estimate of drug-likeness (QED) is 0.200. The summed E-state index contributed by atoms with van der Waals surface area (Å²) in [7, 11) is 1.63. The predicted octanol–water partition coefficient (Wildman–Crippen LogP) is 7.96. The van der Waals surface area contributed by atoms with Gasteiger partial charge in [-0.05, 0) is 45.8 Å². The fourth-order valence-corrected chi connectivity index (χ4v) is 4.80. The molecule has 0 aliphatic carbocycles. The van der Waals surface area contributed by atoms with Crippen LogP contribution >= 0.6 is 0 Å². The van der Waals surface area contributed by atoms with Crippen molar-refractivity contribution in [3.63, 3.8) is 0 Å². The molecule has 6 rings (SSSR count). The van der Waals surface area contributed by atoms with Gasteiger partial charge in [0.25, 0.3) is 0 Å². The molecule has 0 aliphatic rings. The summed E-state index contributed by atoms with van der Waals surface area (Å²) in [5, 5.41) is 2.86. The molecule has 0 saturated carbocycles. The summed E-state index contributed by atoms with van der Waals surface area (Å²) in [6, 6.07) is 38.1. The Morgan fingerprint density at radius 2 is 1.23 bits per heavy atom. The van der Waals surface area contributed by atoms with Crippen LogP contribution in [0.3, 0.4) is 0 Å². The second kappa shape index (κ2) is 8.62. The smallest absolute Gasteiger partial charge is 0.344 e. The molecule has 6 aromatic rings. The molecule has 1 heterocycles. The molecular weight excluding hydrogens is 432 g/mol. The van der Waals surface area contributed by atoms with Gasteiger partial charge in [0.1, 0.15) is 11.3 Å². The van der Waals surface area contributed by atoms with Crippen molar-refractivity contribution < 1.29 is 9.15 Å². The zero-order chi connectivity index (χ0) is 23.8. The molecule has 35 heavy (non-hydrogen) atoms. The molecule has 168 valence electrons. The van der Waals surface area contributed by atoms with Crippen LogP contribution < -0.4 is 10.4 Å². The molecule has 0 N–H and O–H groups in total. The SMILES string of the molecule is COc1ccc(-c2c(-c3ccccc3)c3c(-c4ccccc4)cc4ccccc4c3oc2=O)cc1. The van der Waals surface area contributed by atoms with Crippen LogP contribution in [0.2, 0.25) is 0 Å². The van der Waals surface area contributed by atoms with Gasteiger partial charge in [-0.2, -0.15) is 0 Å². The first kappa shape index (κ1) is 20.9. The van der Waals surface area contributed by atoms with Crippen LogP contribution in [-0.4, -0.2) is 7.11 Å². The van der Waals surface area contributed by atoms with E-state index < -0.39 is 0 Å². The predicted molar refractivity (Wildman–Crippen MR) is 143 cm³/mol. The summed E-state index contributed by atoms with van der Waals surface area (Å²) in [6.45, 7) is 0. The molecule has 0 amide bonds. The number of ether oxygens (including phenoxy) is 1. The Morgan fingerprint density at radius 3 is 1.91 bits per heavy atom. The van der Waals surface area contributed by atoms with E-state index >= 15 is 0 Å². The third kappa shape index (κ3) is 3.58. The van der Waals surface area contributed by atoms with Crippen molar-refractivity contribution in [3.8, 4) is 39.1 Å². The van der Waals surface area contributed by atoms with Crippen molar-refractivity contribution >= 4 is 21.7 Å². The first-order valence-corrected chi connectivity index (χ1v) is 11.5.